The number of hydrogen-bond donors (Lipinski definition) is 7. The molecule has 0 aliphatic carbocycles. The van der Waals surface area contributed by atoms with E-state index in [-0.39, 0.29) is 23.0 Å². The van der Waals surface area contributed by atoms with Crippen LogP contribution in [0.2, 0.25) is 0 Å². The monoisotopic (exact) mass is 614 g/mol. The third-order valence-corrected chi connectivity index (χ3v) is 9.70. The second-order valence-corrected chi connectivity index (χ2v) is 13.0. The fourth-order valence-electron chi connectivity index (χ4n) is 5.71. The van der Waals surface area contributed by atoms with Gasteiger partial charge in [-0.25, -0.2) is 19.9 Å². The van der Waals surface area contributed by atoms with E-state index in [4.69, 9.17) is 16.2 Å². The summed E-state index contributed by atoms with van der Waals surface area (Å²) in [6, 6.07) is 0. The number of nitrogens with zero attached hydrogens (tertiary/aromatic N) is 7. The third-order valence-electron chi connectivity index (χ3n) is 8.24. The van der Waals surface area contributed by atoms with E-state index < -0.39 is 30.1 Å². The summed E-state index contributed by atoms with van der Waals surface area (Å²) >= 11 is 1.78. The van der Waals surface area contributed by atoms with Crippen LogP contribution in [-0.4, -0.2) is 118 Å². The molecule has 232 valence electrons. The quantitative estimate of drug-likeness (QED) is 0.150. The van der Waals surface area contributed by atoms with Gasteiger partial charge in [-0.1, -0.05) is 0 Å². The number of ether oxygens (including phenoxy) is 1. The number of hydrogen-bond acceptors (Lipinski definition) is 15. The number of nitrogen functional groups attached to an aromatic ring is 2. The summed E-state index contributed by atoms with van der Waals surface area (Å²) < 4.78 is 7.69. The number of fused-ring (bicyclic) bond motifs is 2. The highest BCUT2D eigenvalue weighted by atomic mass is 32.2. The summed E-state index contributed by atoms with van der Waals surface area (Å²) in [7, 11) is 0. The minimum absolute atomic E-state index is 0.0598. The summed E-state index contributed by atoms with van der Waals surface area (Å²) in [5, 5.41) is 28.6. The van der Waals surface area contributed by atoms with Crippen LogP contribution in [-0.2, 0) is 4.74 Å². The number of aliphatic hydroxyl groups is 2. The largest absolute Gasteiger partial charge is 0.387 e. The third kappa shape index (κ3) is 6.05. The molecule has 16 nitrogen and oxygen atoms in total. The molecule has 43 heavy (non-hydrogen) atoms. The maximum Gasteiger partial charge on any atom is 0.280 e. The average Bonchev–Trinajstić information content (AvgIpc) is 3.52. The van der Waals surface area contributed by atoms with E-state index in [2.05, 4.69) is 45.4 Å². The molecule has 0 aromatic carbocycles. The van der Waals surface area contributed by atoms with E-state index in [1.54, 1.807) is 16.3 Å². The van der Waals surface area contributed by atoms with Crippen molar-refractivity contribution in [2.75, 3.05) is 55.3 Å². The van der Waals surface area contributed by atoms with Gasteiger partial charge in [-0.05, 0) is 39.8 Å². The Hall–Kier alpha value is -3.35. The Kier molecular flexibility index (Phi) is 8.27. The van der Waals surface area contributed by atoms with Gasteiger partial charge in [0, 0.05) is 30.6 Å². The molecule has 9 N–H and O–H groups in total. The molecule has 2 fully saturated rings. The highest BCUT2D eigenvalue weighted by molar-refractivity contribution is 7.99. The number of aromatic amines is 1. The fraction of sp³-hybridized carbons (Fsp3) is 0.615. The Morgan fingerprint density at radius 3 is 2.77 bits per heavy atom. The number of aliphatic hydroxyl groups excluding tert-OH is 2. The number of imidazole rings is 1. The SMILES string of the molecule is CC1(C)Nc2nc(N)[nH]c(=O)c2N=C1CNCCN1CCC(SC[C@H]2O[C@@H](n3cnc4c(N)ncnc43)[C@@H](O)C2O)CC1. The number of piperidine rings is 1. The van der Waals surface area contributed by atoms with Crippen molar-refractivity contribution >= 4 is 51.9 Å². The average molecular weight is 615 g/mol. The van der Waals surface area contributed by atoms with Crippen molar-refractivity contribution in [3.05, 3.63) is 23.0 Å². The predicted octanol–water partition coefficient (Wildman–Crippen LogP) is -0.543. The van der Waals surface area contributed by atoms with E-state index in [1.807, 2.05) is 13.8 Å². The van der Waals surface area contributed by atoms with E-state index in [0.29, 0.717) is 34.5 Å². The smallest absolute Gasteiger partial charge is 0.280 e. The normalized spacial score (nSPS) is 25.9. The van der Waals surface area contributed by atoms with Crippen molar-refractivity contribution in [1.82, 2.24) is 39.7 Å². The molecular weight excluding hydrogens is 576 g/mol. The van der Waals surface area contributed by atoms with Gasteiger partial charge in [0.1, 0.15) is 24.1 Å². The number of H-pyrrole nitrogens is 1. The highest BCUT2D eigenvalue weighted by Crippen LogP contribution is 2.35. The van der Waals surface area contributed by atoms with Gasteiger partial charge >= 0.3 is 0 Å². The lowest BCUT2D eigenvalue weighted by molar-refractivity contribution is -0.0289. The predicted molar refractivity (Wildman–Crippen MR) is 165 cm³/mol. The molecule has 0 radical (unpaired) electrons. The number of aliphatic imine (C=N–C) groups is 1. The zero-order valence-electron chi connectivity index (χ0n) is 24.1. The molecule has 4 atom stereocenters. The molecule has 17 heteroatoms. The van der Waals surface area contributed by atoms with Gasteiger partial charge in [0.15, 0.2) is 29.2 Å². The van der Waals surface area contributed by atoms with Crippen molar-refractivity contribution in [3.63, 3.8) is 0 Å². The number of thioether (sulfide) groups is 1. The lowest BCUT2D eigenvalue weighted by Gasteiger charge is -2.34. The summed E-state index contributed by atoms with van der Waals surface area (Å²) in [5.74, 6) is 1.28. The molecule has 3 aromatic heterocycles. The minimum atomic E-state index is -1.11. The zero-order valence-corrected chi connectivity index (χ0v) is 24.9. The minimum Gasteiger partial charge on any atom is -0.387 e. The molecule has 0 saturated carbocycles. The lowest BCUT2D eigenvalue weighted by Crippen LogP contribution is -2.48. The van der Waals surface area contributed by atoms with E-state index in [1.165, 1.54) is 12.7 Å². The van der Waals surface area contributed by atoms with Crippen LogP contribution in [0.25, 0.3) is 11.2 Å². The molecule has 6 rings (SSSR count). The first-order valence-electron chi connectivity index (χ1n) is 14.4. The number of nitrogens with one attached hydrogen (secondary N) is 3. The lowest BCUT2D eigenvalue weighted by atomic mass is 9.96. The summed E-state index contributed by atoms with van der Waals surface area (Å²) in [6.07, 6.45) is 1.45. The van der Waals surface area contributed by atoms with Crippen LogP contribution in [0.1, 0.15) is 32.9 Å². The second-order valence-electron chi connectivity index (χ2n) is 11.6. The highest BCUT2D eigenvalue weighted by Gasteiger charge is 2.44. The topological polar surface area (TPSA) is 231 Å². The van der Waals surface area contributed by atoms with Gasteiger partial charge in [0.05, 0.1) is 23.7 Å². The van der Waals surface area contributed by atoms with Crippen molar-refractivity contribution < 1.29 is 14.9 Å². The molecule has 6 heterocycles. The van der Waals surface area contributed by atoms with Crippen LogP contribution in [0.4, 0.5) is 23.3 Å². The molecule has 2 saturated heterocycles. The van der Waals surface area contributed by atoms with Gasteiger partial charge in [-0.15, -0.1) is 0 Å². The standard InChI is InChI=1S/C26H38N12O4S/c1-26(2)15(33-17-21(36-26)34-25(28)35-23(17)41)9-29-5-8-37-6-3-13(4-7-37)43-10-14-18(39)19(40)24(42-14)38-12-32-16-20(27)30-11-31-22(16)38/h11-14,18-19,24,29,39-40H,3-10H2,1-2H3,(H2,27,30,31)(H4,28,34,35,36,41)/t14-,18?,19+,24-/m1/s1. The van der Waals surface area contributed by atoms with Crippen molar-refractivity contribution in [3.8, 4) is 0 Å². The summed E-state index contributed by atoms with van der Waals surface area (Å²) in [4.78, 5) is 38.4. The first-order valence-corrected chi connectivity index (χ1v) is 15.4. The van der Waals surface area contributed by atoms with Crippen molar-refractivity contribution in [2.45, 2.75) is 62.0 Å². The first-order chi connectivity index (χ1) is 20.6. The van der Waals surface area contributed by atoms with E-state index in [0.717, 1.165) is 44.7 Å². The number of rotatable bonds is 9. The van der Waals surface area contributed by atoms with Crippen molar-refractivity contribution in [1.29, 1.82) is 0 Å². The molecule has 3 aromatic rings. The van der Waals surface area contributed by atoms with Crippen LogP contribution in [0.5, 0.6) is 0 Å². The second kappa shape index (κ2) is 12.0. The number of likely N-dealkylation sites (tertiary alicyclic amines) is 1. The maximum atomic E-state index is 12.3. The zero-order chi connectivity index (χ0) is 30.3. The molecule has 3 aliphatic heterocycles. The number of aromatic nitrogens is 6. The van der Waals surface area contributed by atoms with Crippen LogP contribution in [0.15, 0.2) is 22.4 Å². The van der Waals surface area contributed by atoms with Crippen LogP contribution >= 0.6 is 11.8 Å². The Morgan fingerprint density at radius 2 is 1.98 bits per heavy atom. The number of anilines is 3. The van der Waals surface area contributed by atoms with E-state index >= 15 is 0 Å². The first kappa shape index (κ1) is 29.7. The molecular formula is C26H38N12O4S. The van der Waals surface area contributed by atoms with Gasteiger partial charge in [-0.2, -0.15) is 16.7 Å². The van der Waals surface area contributed by atoms with Crippen molar-refractivity contribution in [2.24, 2.45) is 4.99 Å². The van der Waals surface area contributed by atoms with Crippen LogP contribution in [0, 0.1) is 0 Å². The van der Waals surface area contributed by atoms with Gasteiger partial charge in [0.25, 0.3) is 5.56 Å². The molecule has 0 bridgehead atoms. The van der Waals surface area contributed by atoms with Crippen LogP contribution < -0.4 is 27.7 Å². The summed E-state index contributed by atoms with van der Waals surface area (Å²) in [6.45, 7) is 8.19. The van der Waals surface area contributed by atoms with Gasteiger partial charge in [-0.3, -0.25) is 14.3 Å². The van der Waals surface area contributed by atoms with Gasteiger partial charge < -0.3 is 42.0 Å². The molecule has 0 amide bonds. The Balaban J connectivity index is 0.938. The number of nitrogens with two attached hydrogens (primary N) is 2. The Morgan fingerprint density at radius 1 is 1.19 bits per heavy atom. The Bertz CT molecular complexity index is 1550. The summed E-state index contributed by atoms with van der Waals surface area (Å²) in [5.41, 5.74) is 12.7. The molecule has 0 spiro atoms. The van der Waals surface area contributed by atoms with Crippen LogP contribution in [0.3, 0.4) is 0 Å². The maximum absolute atomic E-state index is 12.3. The Labute approximate surface area is 251 Å². The van der Waals surface area contributed by atoms with E-state index in [9.17, 15) is 15.0 Å². The molecule has 3 aliphatic rings. The fourth-order valence-corrected chi connectivity index (χ4v) is 6.99. The molecule has 1 unspecified atom stereocenters. The van der Waals surface area contributed by atoms with Gasteiger partial charge in [0.2, 0.25) is 5.95 Å².